The van der Waals surface area contributed by atoms with Gasteiger partial charge in [-0.2, -0.15) is 0 Å². The molecule has 0 radical (unpaired) electrons. The number of benzene rings is 2. The summed E-state index contributed by atoms with van der Waals surface area (Å²) in [6.07, 6.45) is 1.17. The number of carbonyl (C=O) groups excluding carboxylic acids is 1. The molecule has 0 saturated heterocycles. The van der Waals surface area contributed by atoms with E-state index >= 15 is 0 Å². The van der Waals surface area contributed by atoms with E-state index in [1.54, 1.807) is 0 Å². The molecule has 0 aliphatic carbocycles. The summed E-state index contributed by atoms with van der Waals surface area (Å²) in [6.45, 7) is 22.8. The molecule has 4 nitrogen and oxygen atoms in total. The lowest BCUT2D eigenvalue weighted by Crippen LogP contribution is -2.37. The molecule has 4 heteroatoms. The van der Waals surface area contributed by atoms with E-state index in [-0.39, 0.29) is 17.6 Å². The van der Waals surface area contributed by atoms with Crippen molar-refractivity contribution in [3.63, 3.8) is 0 Å². The minimum atomic E-state index is -0.743. The lowest BCUT2D eigenvalue weighted by atomic mass is 9.77. The Bertz CT molecular complexity index is 964. The third-order valence-electron chi connectivity index (χ3n) is 6.43. The van der Waals surface area contributed by atoms with Crippen LogP contribution in [0.25, 0.3) is 0 Å². The van der Waals surface area contributed by atoms with E-state index in [4.69, 9.17) is 14.2 Å². The largest absolute Gasteiger partial charge is 0.454 e. The molecule has 0 heterocycles. The normalized spacial score (nSPS) is 13.0. The Hall–Kier alpha value is -2.43. The Labute approximate surface area is 206 Å². The van der Waals surface area contributed by atoms with Crippen LogP contribution in [0.1, 0.15) is 84.6 Å². The summed E-state index contributed by atoms with van der Waals surface area (Å²) in [7, 11) is 0. The summed E-state index contributed by atoms with van der Waals surface area (Å²) in [6, 6.07) is 17.3. The average Bonchev–Trinajstić information content (AvgIpc) is 2.77. The van der Waals surface area contributed by atoms with Crippen LogP contribution in [0.5, 0.6) is 0 Å². The minimum absolute atomic E-state index is 0.154. The van der Waals surface area contributed by atoms with Crippen LogP contribution in [0, 0.1) is 0 Å². The van der Waals surface area contributed by atoms with Gasteiger partial charge in [0.2, 0.25) is 0 Å². The predicted octanol–water partition coefficient (Wildman–Crippen LogP) is 7.04. The summed E-state index contributed by atoms with van der Waals surface area (Å²) in [5, 5.41) is 0. The van der Waals surface area contributed by atoms with Crippen molar-refractivity contribution in [3.05, 3.63) is 83.4 Å². The summed E-state index contributed by atoms with van der Waals surface area (Å²) in [5.74, 6) is -0.451. The Balaban J connectivity index is 2.17. The van der Waals surface area contributed by atoms with Crippen LogP contribution in [0.15, 0.2) is 61.2 Å². The van der Waals surface area contributed by atoms with Gasteiger partial charge in [0.05, 0.1) is 17.8 Å². The van der Waals surface area contributed by atoms with Crippen molar-refractivity contribution in [1.29, 1.82) is 0 Å². The lowest BCUT2D eigenvalue weighted by molar-refractivity contribution is -0.163. The zero-order chi connectivity index (χ0) is 25.8. The number of esters is 1. The van der Waals surface area contributed by atoms with Gasteiger partial charge in [0.1, 0.15) is 5.60 Å². The molecule has 0 aliphatic heterocycles. The molecule has 0 amide bonds. The predicted molar refractivity (Wildman–Crippen MR) is 139 cm³/mol. The number of hydrogen-bond acceptors (Lipinski definition) is 4. The SMILES string of the molecule is C=CC(=O)OC(C)(C)COC(C)(C)c1ccc(C(C)(C)c2ccc(C(C)(C)OCC)cc2)cc1. The molecule has 0 saturated carbocycles. The highest BCUT2D eigenvalue weighted by atomic mass is 16.6. The fraction of sp³-hybridized carbons (Fsp3) is 0.500. The number of rotatable bonds is 11. The van der Waals surface area contributed by atoms with Crippen molar-refractivity contribution < 1.29 is 19.0 Å². The molecule has 2 aromatic rings. The van der Waals surface area contributed by atoms with Crippen LogP contribution in [0.2, 0.25) is 0 Å². The third-order valence-corrected chi connectivity index (χ3v) is 6.43. The van der Waals surface area contributed by atoms with Gasteiger partial charge in [-0.15, -0.1) is 0 Å². The van der Waals surface area contributed by atoms with Gasteiger partial charge in [0.15, 0.2) is 0 Å². The second kappa shape index (κ2) is 10.5. The number of ether oxygens (including phenoxy) is 3. The summed E-state index contributed by atoms with van der Waals surface area (Å²) >= 11 is 0. The summed E-state index contributed by atoms with van der Waals surface area (Å²) in [5.41, 5.74) is 2.97. The molecule has 0 spiro atoms. The van der Waals surface area contributed by atoms with E-state index < -0.39 is 17.2 Å². The minimum Gasteiger partial charge on any atom is -0.454 e. The zero-order valence-corrected chi connectivity index (χ0v) is 22.5. The van der Waals surface area contributed by atoms with Crippen molar-refractivity contribution in [2.75, 3.05) is 13.2 Å². The van der Waals surface area contributed by atoms with Crippen molar-refractivity contribution in [2.24, 2.45) is 0 Å². The van der Waals surface area contributed by atoms with Gasteiger partial charge in [-0.3, -0.25) is 0 Å². The Kier molecular flexibility index (Phi) is 8.55. The second-order valence-electron chi connectivity index (χ2n) is 10.9. The van der Waals surface area contributed by atoms with Crippen LogP contribution in [0.4, 0.5) is 0 Å². The van der Waals surface area contributed by atoms with Gasteiger partial charge in [-0.05, 0) is 70.7 Å². The summed E-state index contributed by atoms with van der Waals surface area (Å²) in [4.78, 5) is 11.6. The molecule has 0 atom stereocenters. The fourth-order valence-corrected chi connectivity index (χ4v) is 3.97. The Morgan fingerprint density at radius 3 is 1.50 bits per heavy atom. The molecule has 2 rings (SSSR count). The maximum atomic E-state index is 11.6. The monoisotopic (exact) mass is 466 g/mol. The Morgan fingerprint density at radius 1 is 0.735 bits per heavy atom. The average molecular weight is 467 g/mol. The van der Waals surface area contributed by atoms with E-state index in [2.05, 4.69) is 82.8 Å². The van der Waals surface area contributed by atoms with E-state index in [0.717, 1.165) is 5.56 Å². The molecule has 0 N–H and O–H groups in total. The highest BCUT2D eigenvalue weighted by Gasteiger charge is 2.30. The van der Waals surface area contributed by atoms with Gasteiger partial charge in [0, 0.05) is 18.1 Å². The standard InChI is InChI=1S/C30H42O4/c1-11-26(31)34-27(3,4)21-33-30(9,10)25-19-15-23(16-20-25)28(5,6)22-13-17-24(18-14-22)29(7,8)32-12-2/h11,13-20H,1,12,21H2,2-10H3. The first-order chi connectivity index (χ1) is 15.6. The van der Waals surface area contributed by atoms with Crippen LogP contribution < -0.4 is 0 Å². The molecule has 0 unspecified atom stereocenters. The first-order valence-corrected chi connectivity index (χ1v) is 12.0. The van der Waals surface area contributed by atoms with Gasteiger partial charge in [-0.25, -0.2) is 4.79 Å². The molecule has 186 valence electrons. The van der Waals surface area contributed by atoms with Gasteiger partial charge in [0.25, 0.3) is 0 Å². The van der Waals surface area contributed by atoms with Crippen LogP contribution in [-0.2, 0) is 35.6 Å². The van der Waals surface area contributed by atoms with Crippen molar-refractivity contribution in [1.82, 2.24) is 0 Å². The highest BCUT2D eigenvalue weighted by Crippen LogP contribution is 2.35. The first-order valence-electron chi connectivity index (χ1n) is 12.0. The molecular formula is C30H42O4. The van der Waals surface area contributed by atoms with Gasteiger partial charge >= 0.3 is 5.97 Å². The summed E-state index contributed by atoms with van der Waals surface area (Å²) < 4.78 is 17.5. The smallest absolute Gasteiger partial charge is 0.330 e. The first kappa shape index (κ1) is 27.8. The highest BCUT2D eigenvalue weighted by molar-refractivity contribution is 5.81. The second-order valence-corrected chi connectivity index (χ2v) is 10.9. The molecule has 2 aromatic carbocycles. The van der Waals surface area contributed by atoms with Crippen molar-refractivity contribution >= 4 is 5.97 Å². The van der Waals surface area contributed by atoms with E-state index in [1.165, 1.54) is 22.8 Å². The third kappa shape index (κ3) is 6.80. The van der Waals surface area contributed by atoms with Crippen molar-refractivity contribution in [3.8, 4) is 0 Å². The number of carbonyl (C=O) groups is 1. The topological polar surface area (TPSA) is 44.8 Å². The van der Waals surface area contributed by atoms with Gasteiger partial charge in [-0.1, -0.05) is 69.0 Å². The van der Waals surface area contributed by atoms with Gasteiger partial charge < -0.3 is 14.2 Å². The number of hydrogen-bond donors (Lipinski definition) is 0. The molecule has 0 aliphatic rings. The maximum absolute atomic E-state index is 11.6. The van der Waals surface area contributed by atoms with Crippen molar-refractivity contribution in [2.45, 2.75) is 84.5 Å². The molecule has 0 bridgehead atoms. The quantitative estimate of drug-likeness (QED) is 0.263. The molecule has 0 aromatic heterocycles. The van der Waals surface area contributed by atoms with E-state index in [0.29, 0.717) is 6.61 Å². The lowest BCUT2D eigenvalue weighted by Gasteiger charge is -2.33. The van der Waals surface area contributed by atoms with E-state index in [1.807, 2.05) is 34.6 Å². The van der Waals surface area contributed by atoms with Crippen LogP contribution in [-0.4, -0.2) is 24.8 Å². The maximum Gasteiger partial charge on any atom is 0.330 e. The fourth-order valence-electron chi connectivity index (χ4n) is 3.97. The molecule has 0 fully saturated rings. The van der Waals surface area contributed by atoms with E-state index in [9.17, 15) is 4.79 Å². The molecule has 34 heavy (non-hydrogen) atoms. The molecular weight excluding hydrogens is 424 g/mol. The zero-order valence-electron chi connectivity index (χ0n) is 22.5. The van der Waals surface area contributed by atoms with Crippen LogP contribution >= 0.6 is 0 Å². The van der Waals surface area contributed by atoms with Crippen LogP contribution in [0.3, 0.4) is 0 Å². The Morgan fingerprint density at radius 2 is 1.12 bits per heavy atom.